The Morgan fingerprint density at radius 3 is 2.79 bits per heavy atom. The van der Waals surface area contributed by atoms with Gasteiger partial charge in [0.25, 0.3) is 11.5 Å². The smallest absolute Gasteiger partial charge is 0.251 e. The molecule has 7 nitrogen and oxygen atoms in total. The van der Waals surface area contributed by atoms with Crippen molar-refractivity contribution in [1.82, 2.24) is 25.3 Å². The molecule has 0 radical (unpaired) electrons. The zero-order valence-electron chi connectivity index (χ0n) is 15.5. The first kappa shape index (κ1) is 17.7. The van der Waals surface area contributed by atoms with Crippen LogP contribution in [0.25, 0.3) is 22.3 Å². The summed E-state index contributed by atoms with van der Waals surface area (Å²) >= 11 is 0. The molecule has 1 amide bonds. The van der Waals surface area contributed by atoms with Crippen LogP contribution in [-0.4, -0.2) is 25.8 Å². The average Bonchev–Trinajstić information content (AvgIpc) is 3.00. The summed E-state index contributed by atoms with van der Waals surface area (Å²) < 4.78 is 0. The first-order chi connectivity index (χ1) is 13.5. The topological polar surface area (TPSA) is 104 Å². The molecule has 4 aromatic rings. The molecule has 0 saturated carbocycles. The molecule has 0 unspecified atom stereocenters. The van der Waals surface area contributed by atoms with E-state index in [9.17, 15) is 9.59 Å². The maximum absolute atomic E-state index is 12.6. The first-order valence-electron chi connectivity index (χ1n) is 8.89. The third-order valence-corrected chi connectivity index (χ3v) is 4.73. The Kier molecular flexibility index (Phi) is 4.49. The van der Waals surface area contributed by atoms with Gasteiger partial charge in [0.15, 0.2) is 0 Å². The highest BCUT2D eigenvalue weighted by Crippen LogP contribution is 2.22. The van der Waals surface area contributed by atoms with Crippen LogP contribution in [0.15, 0.2) is 53.6 Å². The lowest BCUT2D eigenvalue weighted by molar-refractivity contribution is 0.0950. The van der Waals surface area contributed by atoms with Crippen molar-refractivity contribution in [3.05, 3.63) is 81.7 Å². The number of fused-ring (bicyclic) bond motifs is 1. The van der Waals surface area contributed by atoms with E-state index in [1.54, 1.807) is 24.5 Å². The fourth-order valence-corrected chi connectivity index (χ4v) is 3.11. The van der Waals surface area contributed by atoms with E-state index in [2.05, 4.69) is 25.3 Å². The average molecular weight is 373 g/mol. The van der Waals surface area contributed by atoms with Gasteiger partial charge in [-0.1, -0.05) is 0 Å². The van der Waals surface area contributed by atoms with Crippen molar-refractivity contribution in [3.63, 3.8) is 0 Å². The van der Waals surface area contributed by atoms with Crippen molar-refractivity contribution < 1.29 is 4.79 Å². The van der Waals surface area contributed by atoms with Crippen LogP contribution in [0, 0.1) is 13.8 Å². The van der Waals surface area contributed by atoms with E-state index in [0.29, 0.717) is 22.6 Å². The number of benzene rings is 1. The van der Waals surface area contributed by atoms with Gasteiger partial charge in [0, 0.05) is 46.2 Å². The van der Waals surface area contributed by atoms with Crippen LogP contribution in [0.4, 0.5) is 0 Å². The molecule has 0 aliphatic heterocycles. The van der Waals surface area contributed by atoms with Gasteiger partial charge in [-0.3, -0.25) is 14.6 Å². The molecule has 140 valence electrons. The number of carbonyl (C=O) groups is 1. The van der Waals surface area contributed by atoms with E-state index < -0.39 is 0 Å². The van der Waals surface area contributed by atoms with Gasteiger partial charge in [0.1, 0.15) is 5.82 Å². The van der Waals surface area contributed by atoms with Gasteiger partial charge >= 0.3 is 0 Å². The maximum atomic E-state index is 12.6. The van der Waals surface area contributed by atoms with E-state index in [1.807, 2.05) is 32.0 Å². The maximum Gasteiger partial charge on any atom is 0.251 e. The van der Waals surface area contributed by atoms with Gasteiger partial charge in [0.05, 0.1) is 12.2 Å². The molecular weight excluding hydrogens is 354 g/mol. The molecule has 3 aromatic heterocycles. The van der Waals surface area contributed by atoms with Crippen LogP contribution in [0.3, 0.4) is 0 Å². The third-order valence-electron chi connectivity index (χ3n) is 4.73. The number of nitrogens with zero attached hydrogens (tertiary/aromatic N) is 2. The Bertz CT molecular complexity index is 1220. The van der Waals surface area contributed by atoms with Gasteiger partial charge in [-0.05, 0) is 49.7 Å². The zero-order chi connectivity index (χ0) is 19.7. The van der Waals surface area contributed by atoms with Gasteiger partial charge in [0.2, 0.25) is 0 Å². The number of aromatic amines is 2. The van der Waals surface area contributed by atoms with E-state index in [4.69, 9.17) is 0 Å². The summed E-state index contributed by atoms with van der Waals surface area (Å²) in [5.74, 6) is 0.204. The van der Waals surface area contributed by atoms with Crippen LogP contribution in [0.1, 0.15) is 27.3 Å². The minimum atomic E-state index is -0.280. The van der Waals surface area contributed by atoms with E-state index >= 15 is 0 Å². The second-order valence-corrected chi connectivity index (χ2v) is 6.65. The highest BCUT2D eigenvalue weighted by molar-refractivity contribution is 5.99. The summed E-state index contributed by atoms with van der Waals surface area (Å²) in [5, 5.41) is 3.86. The van der Waals surface area contributed by atoms with E-state index in [0.717, 1.165) is 22.2 Å². The van der Waals surface area contributed by atoms with Gasteiger partial charge in [-0.2, -0.15) is 0 Å². The lowest BCUT2D eigenvalue weighted by Crippen LogP contribution is -2.24. The van der Waals surface area contributed by atoms with Gasteiger partial charge in [-0.25, -0.2) is 4.98 Å². The lowest BCUT2D eigenvalue weighted by atomic mass is 10.1. The molecule has 0 aliphatic rings. The van der Waals surface area contributed by atoms with Crippen molar-refractivity contribution in [2.45, 2.75) is 20.4 Å². The molecule has 0 fully saturated rings. The van der Waals surface area contributed by atoms with Crippen LogP contribution in [0.2, 0.25) is 0 Å². The monoisotopic (exact) mass is 373 g/mol. The van der Waals surface area contributed by atoms with Crippen molar-refractivity contribution in [3.8, 4) is 11.4 Å². The number of rotatable bonds is 4. The quantitative estimate of drug-likeness (QED) is 0.512. The number of H-pyrrole nitrogens is 2. The summed E-state index contributed by atoms with van der Waals surface area (Å²) in [6.45, 7) is 4.18. The SMILES string of the molecule is Cc1[nH]c2ccc(C(=O)NCc3cc(=O)[nH]c(-c4cccnc4)n3)cc2c1C. The standard InChI is InChI=1S/C21H19N5O2/c1-12-13(2)24-18-6-5-14(8-17(12)18)21(28)23-11-16-9-19(27)26-20(25-16)15-4-3-7-22-10-15/h3-10,24H,11H2,1-2H3,(H,23,28)(H,25,26,27). The summed E-state index contributed by atoms with van der Waals surface area (Å²) in [7, 11) is 0. The number of amides is 1. The first-order valence-corrected chi connectivity index (χ1v) is 8.89. The summed E-state index contributed by atoms with van der Waals surface area (Å²) in [5.41, 5.74) is 4.68. The fraction of sp³-hybridized carbons (Fsp3) is 0.143. The predicted molar refractivity (Wildman–Crippen MR) is 107 cm³/mol. The Balaban J connectivity index is 1.54. The second-order valence-electron chi connectivity index (χ2n) is 6.65. The Morgan fingerprint density at radius 1 is 1.14 bits per heavy atom. The summed E-state index contributed by atoms with van der Waals surface area (Å²) in [6, 6.07) is 10.5. The number of nitrogens with one attached hydrogen (secondary N) is 3. The predicted octanol–water partition coefficient (Wildman–Crippen LogP) is 2.86. The normalized spacial score (nSPS) is 10.9. The van der Waals surface area contributed by atoms with Crippen LogP contribution >= 0.6 is 0 Å². The number of pyridine rings is 1. The van der Waals surface area contributed by atoms with Crippen LogP contribution < -0.4 is 10.9 Å². The molecule has 0 atom stereocenters. The van der Waals surface area contributed by atoms with Gasteiger partial charge < -0.3 is 15.3 Å². The molecule has 1 aromatic carbocycles. The number of hydrogen-bond acceptors (Lipinski definition) is 4. The summed E-state index contributed by atoms with van der Waals surface area (Å²) in [4.78, 5) is 39.0. The molecular formula is C21H19N5O2. The second kappa shape index (κ2) is 7.11. The van der Waals surface area contributed by atoms with Crippen molar-refractivity contribution in [2.75, 3.05) is 0 Å². The Hall–Kier alpha value is -3.74. The third kappa shape index (κ3) is 3.42. The molecule has 0 bridgehead atoms. The molecule has 0 spiro atoms. The number of aromatic nitrogens is 4. The zero-order valence-corrected chi connectivity index (χ0v) is 15.5. The largest absolute Gasteiger partial charge is 0.358 e. The number of hydrogen-bond donors (Lipinski definition) is 3. The van der Waals surface area contributed by atoms with Crippen LogP contribution in [-0.2, 0) is 6.54 Å². The van der Waals surface area contributed by atoms with E-state index in [1.165, 1.54) is 6.07 Å². The molecule has 4 rings (SSSR count). The Morgan fingerprint density at radius 2 is 2.00 bits per heavy atom. The van der Waals surface area contributed by atoms with Crippen molar-refractivity contribution in [2.24, 2.45) is 0 Å². The van der Waals surface area contributed by atoms with Gasteiger partial charge in [-0.15, -0.1) is 0 Å². The highest BCUT2D eigenvalue weighted by atomic mass is 16.1. The summed E-state index contributed by atoms with van der Waals surface area (Å²) in [6.07, 6.45) is 3.27. The van der Waals surface area contributed by atoms with E-state index in [-0.39, 0.29) is 18.0 Å². The van der Waals surface area contributed by atoms with Crippen molar-refractivity contribution in [1.29, 1.82) is 0 Å². The molecule has 28 heavy (non-hydrogen) atoms. The lowest BCUT2D eigenvalue weighted by Gasteiger charge is -2.07. The molecule has 3 N–H and O–H groups in total. The minimum absolute atomic E-state index is 0.152. The molecule has 0 aliphatic carbocycles. The molecule has 7 heteroatoms. The number of carbonyl (C=O) groups excluding carboxylic acids is 1. The fourth-order valence-electron chi connectivity index (χ4n) is 3.11. The molecule has 3 heterocycles. The molecule has 0 saturated heterocycles. The highest BCUT2D eigenvalue weighted by Gasteiger charge is 2.11. The Labute approximate surface area is 160 Å². The minimum Gasteiger partial charge on any atom is -0.358 e. The van der Waals surface area contributed by atoms with Crippen molar-refractivity contribution >= 4 is 16.8 Å². The number of aryl methyl sites for hydroxylation is 2. The van der Waals surface area contributed by atoms with Crippen LogP contribution in [0.5, 0.6) is 0 Å².